The summed E-state index contributed by atoms with van der Waals surface area (Å²) in [5.41, 5.74) is 1.12. The third-order valence-electron chi connectivity index (χ3n) is 5.05. The molecule has 1 aliphatic carbocycles. The molecule has 1 saturated carbocycles. The molecule has 0 heterocycles. The number of nitrogens with zero attached hydrogens (tertiary/aromatic N) is 2. The molecule has 0 aromatic heterocycles. The smallest absolute Gasteiger partial charge is 0.269 e. The first kappa shape index (κ1) is 20.0. The van der Waals surface area contributed by atoms with Gasteiger partial charge in [0, 0.05) is 31.9 Å². The lowest BCUT2D eigenvalue weighted by Gasteiger charge is -2.18. The number of nitro benzene ring substituents is 1. The lowest BCUT2D eigenvalue weighted by atomic mass is 9.94. The van der Waals surface area contributed by atoms with Gasteiger partial charge < -0.3 is 5.32 Å². The van der Waals surface area contributed by atoms with E-state index in [1.807, 2.05) is 0 Å². The van der Waals surface area contributed by atoms with Gasteiger partial charge in [-0.25, -0.2) is 12.7 Å². The fraction of sp³-hybridized carbons (Fsp3) is 0.316. The van der Waals surface area contributed by atoms with Crippen LogP contribution in [0.4, 0.5) is 11.4 Å². The van der Waals surface area contributed by atoms with E-state index in [1.54, 1.807) is 25.1 Å². The molecule has 0 spiro atoms. The van der Waals surface area contributed by atoms with Gasteiger partial charge in [0.15, 0.2) is 0 Å². The number of nitrogens with one attached hydrogen (secondary N) is 1. The Kier molecular flexibility index (Phi) is 4.99. The molecular formula is C19H21N3O5S. The Morgan fingerprint density at radius 3 is 2.25 bits per heavy atom. The van der Waals surface area contributed by atoms with Crippen molar-refractivity contribution in [1.82, 2.24) is 4.31 Å². The fourth-order valence-electron chi connectivity index (χ4n) is 3.02. The molecule has 1 amide bonds. The van der Waals surface area contributed by atoms with Crippen molar-refractivity contribution in [2.24, 2.45) is 0 Å². The van der Waals surface area contributed by atoms with Crippen LogP contribution >= 0.6 is 0 Å². The number of carbonyl (C=O) groups is 1. The molecule has 1 N–H and O–H groups in total. The highest BCUT2D eigenvalue weighted by molar-refractivity contribution is 7.89. The van der Waals surface area contributed by atoms with Crippen molar-refractivity contribution < 1.29 is 18.1 Å². The van der Waals surface area contributed by atoms with E-state index < -0.39 is 20.4 Å². The van der Waals surface area contributed by atoms with Crippen molar-refractivity contribution in [3.8, 4) is 0 Å². The van der Waals surface area contributed by atoms with Crippen molar-refractivity contribution >= 4 is 27.3 Å². The first-order valence-corrected chi connectivity index (χ1v) is 10.1. The molecule has 1 aliphatic rings. The summed E-state index contributed by atoms with van der Waals surface area (Å²) in [5, 5.41) is 13.7. The monoisotopic (exact) mass is 403 g/mol. The van der Waals surface area contributed by atoms with Crippen LogP contribution in [0.15, 0.2) is 47.4 Å². The van der Waals surface area contributed by atoms with Crippen LogP contribution in [-0.2, 0) is 20.2 Å². The standard InChI is InChI=1S/C19H21N3O5S/c1-13-4-9-16(28(26,27)21(2)3)12-17(13)20-18(23)19(10-11-19)14-5-7-15(8-6-14)22(24)25/h4-9,12H,10-11H2,1-3H3,(H,20,23). The predicted molar refractivity (Wildman–Crippen MR) is 105 cm³/mol. The number of rotatable bonds is 6. The number of hydrogen-bond donors (Lipinski definition) is 1. The van der Waals surface area contributed by atoms with Gasteiger partial charge in [-0.05, 0) is 43.0 Å². The van der Waals surface area contributed by atoms with Gasteiger partial charge in [-0.15, -0.1) is 0 Å². The molecule has 3 rings (SSSR count). The van der Waals surface area contributed by atoms with E-state index in [0.717, 1.165) is 9.87 Å². The van der Waals surface area contributed by atoms with Crippen molar-refractivity contribution in [3.63, 3.8) is 0 Å². The van der Waals surface area contributed by atoms with Crippen molar-refractivity contribution in [1.29, 1.82) is 0 Å². The second-order valence-electron chi connectivity index (χ2n) is 7.10. The molecule has 28 heavy (non-hydrogen) atoms. The van der Waals surface area contributed by atoms with Crippen LogP contribution in [0.5, 0.6) is 0 Å². The van der Waals surface area contributed by atoms with E-state index in [0.29, 0.717) is 24.1 Å². The van der Waals surface area contributed by atoms with Crippen molar-refractivity contribution in [2.75, 3.05) is 19.4 Å². The highest BCUT2D eigenvalue weighted by atomic mass is 32.2. The Morgan fingerprint density at radius 2 is 1.75 bits per heavy atom. The summed E-state index contributed by atoms with van der Waals surface area (Å²) in [5.74, 6) is -0.246. The van der Waals surface area contributed by atoms with E-state index >= 15 is 0 Å². The summed E-state index contributed by atoms with van der Waals surface area (Å²) in [6.45, 7) is 1.78. The van der Waals surface area contributed by atoms with Gasteiger partial charge in [0.1, 0.15) is 0 Å². The van der Waals surface area contributed by atoms with Gasteiger partial charge in [-0.2, -0.15) is 0 Å². The van der Waals surface area contributed by atoms with E-state index in [4.69, 9.17) is 0 Å². The maximum Gasteiger partial charge on any atom is 0.269 e. The average molecular weight is 403 g/mol. The number of benzene rings is 2. The summed E-state index contributed by atoms with van der Waals surface area (Å²) in [6.07, 6.45) is 1.26. The van der Waals surface area contributed by atoms with Crippen LogP contribution in [0, 0.1) is 17.0 Å². The Morgan fingerprint density at radius 1 is 1.14 bits per heavy atom. The predicted octanol–water partition coefficient (Wildman–Crippen LogP) is 2.82. The van der Waals surface area contributed by atoms with Gasteiger partial charge >= 0.3 is 0 Å². The van der Waals surface area contributed by atoms with Crippen LogP contribution in [-0.4, -0.2) is 37.6 Å². The molecule has 0 saturated heterocycles. The SMILES string of the molecule is Cc1ccc(S(=O)(=O)N(C)C)cc1NC(=O)C1(c2ccc([N+](=O)[O-])cc2)CC1. The van der Waals surface area contributed by atoms with Crippen molar-refractivity contribution in [2.45, 2.75) is 30.1 Å². The molecular weight excluding hydrogens is 382 g/mol. The number of hydrogen-bond acceptors (Lipinski definition) is 5. The van der Waals surface area contributed by atoms with E-state index in [-0.39, 0.29) is 16.5 Å². The zero-order valence-electron chi connectivity index (χ0n) is 15.8. The molecule has 0 radical (unpaired) electrons. The Balaban J connectivity index is 1.88. The van der Waals surface area contributed by atoms with Crippen molar-refractivity contribution in [3.05, 3.63) is 63.7 Å². The van der Waals surface area contributed by atoms with E-state index in [2.05, 4.69) is 5.32 Å². The summed E-state index contributed by atoms with van der Waals surface area (Å²) >= 11 is 0. The first-order chi connectivity index (χ1) is 13.1. The number of carbonyl (C=O) groups excluding carboxylic acids is 1. The summed E-state index contributed by atoms with van der Waals surface area (Å²) in [4.78, 5) is 23.4. The van der Waals surface area contributed by atoms with E-state index in [9.17, 15) is 23.3 Å². The normalized spacial score (nSPS) is 15.3. The molecule has 0 unspecified atom stereocenters. The van der Waals surface area contributed by atoms with Gasteiger partial charge in [0.2, 0.25) is 15.9 Å². The lowest BCUT2D eigenvalue weighted by molar-refractivity contribution is -0.384. The maximum absolute atomic E-state index is 13.0. The van der Waals surface area contributed by atoms with Gasteiger partial charge in [-0.1, -0.05) is 18.2 Å². The third kappa shape index (κ3) is 3.50. The van der Waals surface area contributed by atoms with Crippen LogP contribution in [0.2, 0.25) is 0 Å². The van der Waals surface area contributed by atoms with Crippen LogP contribution in [0.25, 0.3) is 0 Å². The summed E-state index contributed by atoms with van der Waals surface area (Å²) in [6, 6.07) is 10.6. The van der Waals surface area contributed by atoms with Crippen LogP contribution < -0.4 is 5.32 Å². The molecule has 0 atom stereocenters. The highest BCUT2D eigenvalue weighted by Crippen LogP contribution is 2.49. The van der Waals surface area contributed by atoms with Crippen LogP contribution in [0.1, 0.15) is 24.0 Å². The fourth-order valence-corrected chi connectivity index (χ4v) is 3.95. The second kappa shape index (κ2) is 6.99. The number of amides is 1. The van der Waals surface area contributed by atoms with Gasteiger partial charge in [-0.3, -0.25) is 14.9 Å². The van der Waals surface area contributed by atoms with E-state index in [1.165, 1.54) is 38.4 Å². The zero-order chi connectivity index (χ0) is 20.7. The molecule has 1 fully saturated rings. The summed E-state index contributed by atoms with van der Waals surface area (Å²) in [7, 11) is -0.727. The Hall–Kier alpha value is -2.78. The molecule has 2 aromatic rings. The number of sulfonamides is 1. The first-order valence-electron chi connectivity index (χ1n) is 8.67. The maximum atomic E-state index is 13.0. The average Bonchev–Trinajstić information content (AvgIpc) is 3.45. The highest BCUT2D eigenvalue weighted by Gasteiger charge is 2.51. The lowest BCUT2D eigenvalue weighted by Crippen LogP contribution is -2.28. The molecule has 2 aromatic carbocycles. The number of non-ortho nitro benzene ring substituents is 1. The molecule has 8 nitrogen and oxygen atoms in total. The summed E-state index contributed by atoms with van der Waals surface area (Å²) < 4.78 is 25.8. The molecule has 0 aliphatic heterocycles. The minimum atomic E-state index is -3.62. The minimum Gasteiger partial charge on any atom is -0.325 e. The molecule has 9 heteroatoms. The van der Waals surface area contributed by atoms with Gasteiger partial charge in [0.05, 0.1) is 15.2 Å². The number of anilines is 1. The topological polar surface area (TPSA) is 110 Å². The Bertz CT molecular complexity index is 1040. The van der Waals surface area contributed by atoms with Gasteiger partial charge in [0.25, 0.3) is 5.69 Å². The van der Waals surface area contributed by atoms with Crippen LogP contribution in [0.3, 0.4) is 0 Å². The second-order valence-corrected chi connectivity index (χ2v) is 9.26. The zero-order valence-corrected chi connectivity index (χ0v) is 16.6. The molecule has 0 bridgehead atoms. The Labute approximate surface area is 163 Å². The number of aryl methyl sites for hydroxylation is 1. The third-order valence-corrected chi connectivity index (χ3v) is 6.86. The molecule has 148 valence electrons. The minimum absolute atomic E-state index is 0.0302. The quantitative estimate of drug-likeness (QED) is 0.589. The largest absolute Gasteiger partial charge is 0.325 e. The number of nitro groups is 1.